The van der Waals surface area contributed by atoms with Gasteiger partial charge in [-0.05, 0) is 0 Å². The molecule has 0 nitrogen and oxygen atoms in total. The average molecular weight is 66.1 g/mol. The summed E-state index contributed by atoms with van der Waals surface area (Å²) in [6, 6.07) is 0. The fourth-order valence-electron chi connectivity index (χ4n) is 0. The molecule has 0 atom stereocenters. The molecule has 0 aromatic heterocycles. The van der Waals surface area contributed by atoms with Crippen molar-refractivity contribution in [3.63, 3.8) is 0 Å². The van der Waals surface area contributed by atoms with Gasteiger partial charge < -0.3 is 1.43 Å². The summed E-state index contributed by atoms with van der Waals surface area (Å²) in [5.74, 6) is 0. The van der Waals surface area contributed by atoms with Crippen LogP contribution >= 0.6 is 0 Å². The average Bonchev–Trinajstić information content (AvgIpc) is 1.46. The monoisotopic (exact) mass is 66.0 g/mol. The molecule has 1 aliphatic rings. The Labute approximate surface area is 50.4 Å². The summed E-state index contributed by atoms with van der Waals surface area (Å²) >= 11 is 0. The minimum absolute atomic E-state index is 0. The summed E-state index contributed by atoms with van der Waals surface area (Å²) in [6.45, 7) is 0. The van der Waals surface area contributed by atoms with E-state index in [-0.39, 0.29) is 31.0 Å². The summed E-state index contributed by atoms with van der Waals surface area (Å²) in [5, 5.41) is 0. The third-order valence-electron chi connectivity index (χ3n) is 0.354. The zero-order valence-electron chi connectivity index (χ0n) is 4.12. The third-order valence-corrected chi connectivity index (χ3v) is 0.354. The van der Waals surface area contributed by atoms with Crippen LogP contribution in [-0.4, -0.2) is 0 Å². The fourth-order valence-corrected chi connectivity index (χ4v) is 0. The van der Waals surface area contributed by atoms with Crippen LogP contribution in [0.1, 0.15) is 20.7 Å². The largest absolute Gasteiger partial charge is 1.00 e. The smallest absolute Gasteiger partial charge is 1.00 e. The zero-order valence-corrected chi connectivity index (χ0v) is 5.12. The molecule has 1 heteroatoms. The van der Waals surface area contributed by atoms with E-state index < -0.39 is 0 Å². The van der Waals surface area contributed by atoms with E-state index in [4.69, 9.17) is 0 Å². The van der Waals surface area contributed by atoms with Gasteiger partial charge in [-0.25, -0.2) is 0 Å². The topological polar surface area (TPSA) is 0 Å². The molecule has 0 bridgehead atoms. The Bertz CT molecular complexity index is 11.6. The molecule has 0 aromatic carbocycles. The second-order valence-electron chi connectivity index (χ2n) is 1.06. The van der Waals surface area contributed by atoms with Gasteiger partial charge >= 0.3 is 29.6 Å². The first-order valence-electron chi connectivity index (χ1n) is 1.50. The number of rotatable bonds is 0. The van der Waals surface area contributed by atoms with Crippen molar-refractivity contribution >= 4 is 0 Å². The van der Waals surface area contributed by atoms with Crippen LogP contribution in [0.15, 0.2) is 0 Å². The van der Waals surface area contributed by atoms with Gasteiger partial charge in [0, 0.05) is 0 Å². The van der Waals surface area contributed by atoms with Crippen molar-refractivity contribution in [3.05, 3.63) is 0 Å². The Kier molecular flexibility index (Phi) is 2.81. The molecule has 0 radical (unpaired) electrons. The Morgan fingerprint density at radius 1 is 1.00 bits per heavy atom. The second-order valence-corrected chi connectivity index (χ2v) is 1.06. The first kappa shape index (κ1) is 5.00. The van der Waals surface area contributed by atoms with Crippen molar-refractivity contribution < 1.29 is 31.0 Å². The summed E-state index contributed by atoms with van der Waals surface area (Å²) < 4.78 is 0. The molecule has 0 aliphatic heterocycles. The maximum atomic E-state index is 1.50. The van der Waals surface area contributed by atoms with Gasteiger partial charge in [0.25, 0.3) is 0 Å². The molecule has 0 saturated heterocycles. The summed E-state index contributed by atoms with van der Waals surface area (Å²) in [7, 11) is 0. The molecule has 1 aliphatic carbocycles. The summed E-state index contributed by atoms with van der Waals surface area (Å²) in [5.41, 5.74) is 0. The van der Waals surface area contributed by atoms with E-state index in [0.29, 0.717) is 0 Å². The Morgan fingerprint density at radius 3 is 1.25 bits per heavy atom. The first-order chi connectivity index (χ1) is 1.50. The van der Waals surface area contributed by atoms with Crippen molar-refractivity contribution in [2.75, 3.05) is 0 Å². The van der Waals surface area contributed by atoms with Crippen LogP contribution in [0.3, 0.4) is 0 Å². The third kappa shape index (κ3) is 3.00. The molecular weight excluding hydrogens is 59.0 g/mol. The molecule has 1 fully saturated rings. The molecule has 0 heterocycles. The van der Waals surface area contributed by atoms with Gasteiger partial charge in [0.05, 0.1) is 0 Å². The second kappa shape index (κ2) is 2.25. The molecular formula is C3H7Na. The normalized spacial score (nSPS) is 18.0. The predicted octanol–water partition coefficient (Wildman–Crippen LogP) is -1.71. The minimum Gasteiger partial charge on any atom is -1.00 e. The maximum Gasteiger partial charge on any atom is 1.00 e. The van der Waals surface area contributed by atoms with Crippen molar-refractivity contribution in [1.82, 2.24) is 0 Å². The maximum absolute atomic E-state index is 1.50. The van der Waals surface area contributed by atoms with E-state index in [1.807, 2.05) is 0 Å². The molecule has 1 saturated carbocycles. The molecule has 0 amide bonds. The van der Waals surface area contributed by atoms with E-state index in [1.165, 1.54) is 19.3 Å². The Balaban J connectivity index is 0. The summed E-state index contributed by atoms with van der Waals surface area (Å²) in [6.07, 6.45) is 4.50. The van der Waals surface area contributed by atoms with Gasteiger partial charge in [0.1, 0.15) is 0 Å². The molecule has 1 rings (SSSR count). The first-order valence-corrected chi connectivity index (χ1v) is 1.50. The minimum atomic E-state index is 0. The molecule has 0 N–H and O–H groups in total. The van der Waals surface area contributed by atoms with Crippen molar-refractivity contribution in [3.8, 4) is 0 Å². The SMILES string of the molecule is C1CC1.[H-].[Na+]. The number of hydrogen-bond donors (Lipinski definition) is 0. The van der Waals surface area contributed by atoms with Crippen LogP contribution in [0.5, 0.6) is 0 Å². The van der Waals surface area contributed by atoms with Crippen LogP contribution in [-0.2, 0) is 0 Å². The predicted molar refractivity (Wildman–Crippen MR) is 15.0 cm³/mol. The van der Waals surface area contributed by atoms with Crippen molar-refractivity contribution in [2.24, 2.45) is 0 Å². The fraction of sp³-hybridized carbons (Fsp3) is 1.00. The zero-order chi connectivity index (χ0) is 2.12. The van der Waals surface area contributed by atoms with Crippen LogP contribution in [0.2, 0.25) is 0 Å². The van der Waals surface area contributed by atoms with Gasteiger partial charge in [-0.2, -0.15) is 0 Å². The van der Waals surface area contributed by atoms with Crippen LogP contribution in [0, 0.1) is 0 Å². The Morgan fingerprint density at radius 2 is 1.25 bits per heavy atom. The molecule has 20 valence electrons. The van der Waals surface area contributed by atoms with Gasteiger partial charge in [-0.1, -0.05) is 19.3 Å². The molecule has 0 spiro atoms. The molecule has 4 heavy (non-hydrogen) atoms. The van der Waals surface area contributed by atoms with Crippen LogP contribution in [0.25, 0.3) is 0 Å². The summed E-state index contributed by atoms with van der Waals surface area (Å²) in [4.78, 5) is 0. The van der Waals surface area contributed by atoms with Gasteiger partial charge in [-0.3, -0.25) is 0 Å². The van der Waals surface area contributed by atoms with Gasteiger partial charge in [-0.15, -0.1) is 0 Å². The quantitative estimate of drug-likeness (QED) is 0.295. The van der Waals surface area contributed by atoms with E-state index >= 15 is 0 Å². The van der Waals surface area contributed by atoms with E-state index in [9.17, 15) is 0 Å². The van der Waals surface area contributed by atoms with E-state index in [1.54, 1.807) is 0 Å². The van der Waals surface area contributed by atoms with Crippen LogP contribution < -0.4 is 29.6 Å². The molecule has 0 aromatic rings. The van der Waals surface area contributed by atoms with Gasteiger partial charge in [0.15, 0.2) is 0 Å². The van der Waals surface area contributed by atoms with Crippen molar-refractivity contribution in [1.29, 1.82) is 0 Å². The molecule has 0 unspecified atom stereocenters. The van der Waals surface area contributed by atoms with Crippen molar-refractivity contribution in [2.45, 2.75) is 19.3 Å². The van der Waals surface area contributed by atoms with Crippen LogP contribution in [0.4, 0.5) is 0 Å². The number of hydrogen-bond acceptors (Lipinski definition) is 0. The standard InChI is InChI=1S/C3H6.Na.H/c1-2-3-1;;/h1-3H2;;/q;+1;-1. The van der Waals surface area contributed by atoms with E-state index in [2.05, 4.69) is 0 Å². The van der Waals surface area contributed by atoms with E-state index in [0.717, 1.165) is 0 Å². The van der Waals surface area contributed by atoms with Gasteiger partial charge in [0.2, 0.25) is 0 Å². The Hall–Kier alpha value is 1.00.